The van der Waals surface area contributed by atoms with Crippen LogP contribution in [-0.2, 0) is 24.3 Å². The number of benzene rings is 1. The van der Waals surface area contributed by atoms with Crippen LogP contribution in [0.25, 0.3) is 0 Å². The van der Waals surface area contributed by atoms with Crippen LogP contribution in [0.2, 0.25) is 0 Å². The molecule has 2 aliphatic rings. The highest BCUT2D eigenvalue weighted by Crippen LogP contribution is 2.25. The molecule has 0 radical (unpaired) electrons. The van der Waals surface area contributed by atoms with E-state index in [1.807, 2.05) is 0 Å². The van der Waals surface area contributed by atoms with Crippen LogP contribution in [0.5, 0.6) is 0 Å². The van der Waals surface area contributed by atoms with E-state index in [2.05, 4.69) is 10.6 Å². The van der Waals surface area contributed by atoms with Crippen molar-refractivity contribution >= 4 is 28.0 Å². The van der Waals surface area contributed by atoms with Gasteiger partial charge in [0, 0.05) is 13.1 Å². The third-order valence-corrected chi connectivity index (χ3v) is 7.32. The highest BCUT2D eigenvalue weighted by Gasteiger charge is 2.29. The number of esters is 2. The Morgan fingerprint density at radius 1 is 1.09 bits per heavy atom. The molecule has 0 spiro atoms. The number of carbonyl (C=O) groups is 3. The second kappa shape index (κ2) is 10.1. The molecule has 0 atom stereocenters. The van der Waals surface area contributed by atoms with E-state index in [9.17, 15) is 22.8 Å². The molecule has 174 valence electrons. The summed E-state index contributed by atoms with van der Waals surface area (Å²) < 4.78 is 37.8. The van der Waals surface area contributed by atoms with E-state index in [-0.39, 0.29) is 41.5 Å². The van der Waals surface area contributed by atoms with Crippen LogP contribution < -0.4 is 10.6 Å². The second-order valence-electron chi connectivity index (χ2n) is 7.51. The second-order valence-corrected chi connectivity index (χ2v) is 9.41. The number of nitrogens with zero attached hydrogens (tertiary/aromatic N) is 1. The van der Waals surface area contributed by atoms with Crippen LogP contribution in [-0.4, -0.2) is 63.5 Å². The lowest BCUT2D eigenvalue weighted by atomic mass is 10.1. The molecule has 3 rings (SSSR count). The minimum absolute atomic E-state index is 0.0552. The quantitative estimate of drug-likeness (QED) is 0.583. The summed E-state index contributed by atoms with van der Waals surface area (Å²) in [5.74, 6) is -1.40. The van der Waals surface area contributed by atoms with Crippen LogP contribution in [0, 0.1) is 6.92 Å². The first-order valence-electron chi connectivity index (χ1n) is 10.5. The van der Waals surface area contributed by atoms with Gasteiger partial charge in [0.1, 0.15) is 6.61 Å². The van der Waals surface area contributed by atoms with Gasteiger partial charge in [-0.3, -0.25) is 0 Å². The minimum Gasteiger partial charge on any atom is -0.463 e. The fourth-order valence-electron chi connectivity index (χ4n) is 3.54. The van der Waals surface area contributed by atoms with E-state index in [4.69, 9.17) is 9.47 Å². The lowest BCUT2D eigenvalue weighted by Crippen LogP contribution is -2.45. The molecule has 10 nitrogen and oxygen atoms in total. The Balaban J connectivity index is 1.78. The van der Waals surface area contributed by atoms with Crippen molar-refractivity contribution in [3.05, 3.63) is 40.6 Å². The number of nitrogens with one attached hydrogen (secondary N) is 2. The summed E-state index contributed by atoms with van der Waals surface area (Å²) in [6.07, 6.45) is 2.60. The standard InChI is InChI=1S/C21H27N3O7S/c1-3-30-20(26)16-12-22-21(27)23-17(16)13-31-19(25)15-8-7-14(2)18(11-15)32(28,29)24-9-5-4-6-10-24/h7-8,11H,3-6,9-10,12-13H2,1-2H3,(H2,22,23,27). The average Bonchev–Trinajstić information content (AvgIpc) is 2.78. The van der Waals surface area contributed by atoms with Gasteiger partial charge in [-0.25, -0.2) is 22.8 Å². The summed E-state index contributed by atoms with van der Waals surface area (Å²) in [5, 5.41) is 4.91. The van der Waals surface area contributed by atoms with E-state index in [0.29, 0.717) is 18.7 Å². The first-order valence-corrected chi connectivity index (χ1v) is 11.9. The molecule has 32 heavy (non-hydrogen) atoms. The van der Waals surface area contributed by atoms with Crippen LogP contribution in [0.3, 0.4) is 0 Å². The van der Waals surface area contributed by atoms with Crippen LogP contribution in [0.15, 0.2) is 34.4 Å². The normalized spacial score (nSPS) is 17.4. The summed E-state index contributed by atoms with van der Waals surface area (Å²) >= 11 is 0. The fourth-order valence-corrected chi connectivity index (χ4v) is 5.31. The Bertz CT molecular complexity index is 1040. The predicted octanol–water partition coefficient (Wildman–Crippen LogP) is 1.46. The largest absolute Gasteiger partial charge is 0.463 e. The molecule has 0 aromatic heterocycles. The molecule has 2 amide bonds. The number of amides is 2. The van der Waals surface area contributed by atoms with Gasteiger partial charge < -0.3 is 20.1 Å². The van der Waals surface area contributed by atoms with E-state index >= 15 is 0 Å². The first kappa shape index (κ1) is 23.7. The topological polar surface area (TPSA) is 131 Å². The molecule has 1 aromatic carbocycles. The zero-order valence-electron chi connectivity index (χ0n) is 18.1. The van der Waals surface area contributed by atoms with Gasteiger partial charge in [-0.2, -0.15) is 4.31 Å². The van der Waals surface area contributed by atoms with Crippen molar-refractivity contribution in [2.24, 2.45) is 0 Å². The zero-order chi connectivity index (χ0) is 23.3. The average molecular weight is 466 g/mol. The van der Waals surface area contributed by atoms with E-state index in [1.54, 1.807) is 19.9 Å². The number of hydrogen-bond acceptors (Lipinski definition) is 7. The molecule has 2 heterocycles. The van der Waals surface area contributed by atoms with Crippen LogP contribution in [0.1, 0.15) is 42.1 Å². The van der Waals surface area contributed by atoms with Gasteiger partial charge in [0.05, 0.1) is 34.9 Å². The molecule has 2 N–H and O–H groups in total. The molecule has 1 fully saturated rings. The summed E-state index contributed by atoms with van der Waals surface area (Å²) in [6.45, 7) is 3.96. The summed E-state index contributed by atoms with van der Waals surface area (Å²) in [5.41, 5.74) is 0.861. The maximum Gasteiger partial charge on any atom is 0.338 e. The van der Waals surface area contributed by atoms with Crippen molar-refractivity contribution < 1.29 is 32.3 Å². The Labute approximate surface area is 187 Å². The molecular formula is C21H27N3O7S. The van der Waals surface area contributed by atoms with Gasteiger partial charge in [0.25, 0.3) is 0 Å². The van der Waals surface area contributed by atoms with Crippen molar-refractivity contribution in [1.29, 1.82) is 0 Å². The van der Waals surface area contributed by atoms with Gasteiger partial charge in [-0.15, -0.1) is 0 Å². The van der Waals surface area contributed by atoms with Crippen molar-refractivity contribution in [2.45, 2.75) is 38.0 Å². The predicted molar refractivity (Wildman–Crippen MR) is 114 cm³/mol. The molecule has 1 saturated heterocycles. The fraction of sp³-hybridized carbons (Fsp3) is 0.476. The molecule has 1 aromatic rings. The SMILES string of the molecule is CCOC(=O)C1=C(COC(=O)c2ccc(C)c(S(=O)(=O)N3CCCCC3)c2)NC(=O)NC1. The van der Waals surface area contributed by atoms with Crippen molar-refractivity contribution in [2.75, 3.05) is 32.8 Å². The number of aryl methyl sites for hydroxylation is 1. The maximum absolute atomic E-state index is 13.1. The monoisotopic (exact) mass is 465 g/mol. The Hall–Kier alpha value is -2.92. The molecule has 0 aliphatic carbocycles. The smallest absolute Gasteiger partial charge is 0.338 e. The number of carbonyl (C=O) groups excluding carboxylic acids is 3. The number of piperidine rings is 1. The zero-order valence-corrected chi connectivity index (χ0v) is 18.9. The lowest BCUT2D eigenvalue weighted by Gasteiger charge is -2.26. The van der Waals surface area contributed by atoms with Gasteiger partial charge in [0.2, 0.25) is 10.0 Å². The molecule has 0 bridgehead atoms. The van der Waals surface area contributed by atoms with Crippen molar-refractivity contribution in [3.8, 4) is 0 Å². The summed E-state index contributed by atoms with van der Waals surface area (Å²) in [4.78, 5) is 36.4. The molecule has 0 unspecified atom stereocenters. The summed E-state index contributed by atoms with van der Waals surface area (Å²) in [7, 11) is -3.73. The lowest BCUT2D eigenvalue weighted by molar-refractivity contribution is -0.138. The summed E-state index contributed by atoms with van der Waals surface area (Å²) in [6, 6.07) is 3.82. The maximum atomic E-state index is 13.1. The number of rotatable bonds is 7. The van der Waals surface area contributed by atoms with E-state index < -0.39 is 28.0 Å². The number of ether oxygens (including phenoxy) is 2. The molecular weight excluding hydrogens is 438 g/mol. The number of urea groups is 1. The van der Waals surface area contributed by atoms with Gasteiger partial charge in [0.15, 0.2) is 0 Å². The minimum atomic E-state index is -3.73. The van der Waals surface area contributed by atoms with E-state index in [0.717, 1.165) is 19.3 Å². The van der Waals surface area contributed by atoms with Crippen molar-refractivity contribution in [3.63, 3.8) is 0 Å². The Kier molecular flexibility index (Phi) is 7.52. The van der Waals surface area contributed by atoms with E-state index in [1.165, 1.54) is 16.4 Å². The number of sulfonamides is 1. The third-order valence-electron chi connectivity index (χ3n) is 5.28. The molecule has 2 aliphatic heterocycles. The first-order chi connectivity index (χ1) is 15.2. The van der Waals surface area contributed by atoms with Gasteiger partial charge in [-0.05, 0) is 44.4 Å². The Morgan fingerprint density at radius 3 is 2.50 bits per heavy atom. The third kappa shape index (κ3) is 5.28. The molecule has 11 heteroatoms. The highest BCUT2D eigenvalue weighted by molar-refractivity contribution is 7.89. The van der Waals surface area contributed by atoms with Crippen molar-refractivity contribution in [1.82, 2.24) is 14.9 Å². The highest BCUT2D eigenvalue weighted by atomic mass is 32.2. The van der Waals surface area contributed by atoms with Crippen LogP contribution in [0.4, 0.5) is 4.79 Å². The van der Waals surface area contributed by atoms with Gasteiger partial charge >= 0.3 is 18.0 Å². The molecule has 0 saturated carbocycles. The number of hydrogen-bond donors (Lipinski definition) is 2. The van der Waals surface area contributed by atoms with Gasteiger partial charge in [-0.1, -0.05) is 12.5 Å². The van der Waals surface area contributed by atoms with Crippen LogP contribution >= 0.6 is 0 Å². The Morgan fingerprint density at radius 2 is 1.81 bits per heavy atom.